The first kappa shape index (κ1) is 17.1. The van der Waals surface area contributed by atoms with E-state index < -0.39 is 0 Å². The van der Waals surface area contributed by atoms with Crippen LogP contribution < -0.4 is 0 Å². The van der Waals surface area contributed by atoms with Crippen LogP contribution in [0.2, 0.25) is 0 Å². The van der Waals surface area contributed by atoms with Crippen LogP contribution in [0.25, 0.3) is 0 Å². The lowest BCUT2D eigenvalue weighted by Crippen LogP contribution is -2.32. The lowest BCUT2D eigenvalue weighted by Gasteiger charge is -2.27. The predicted octanol–water partition coefficient (Wildman–Crippen LogP) is 3.27. The van der Waals surface area contributed by atoms with Crippen LogP contribution in [0.15, 0.2) is 42.7 Å². The van der Waals surface area contributed by atoms with Gasteiger partial charge in [0.05, 0.1) is 5.69 Å². The summed E-state index contributed by atoms with van der Waals surface area (Å²) in [5.41, 5.74) is 3.68. The number of pyridine rings is 2. The molecule has 1 aliphatic heterocycles. The largest absolute Gasteiger partial charge is 0.299 e. The lowest BCUT2D eigenvalue weighted by atomic mass is 10.1. The molecule has 3 heterocycles. The van der Waals surface area contributed by atoms with Gasteiger partial charge in [-0.15, -0.1) is 0 Å². The minimum Gasteiger partial charge on any atom is -0.299 e. The van der Waals surface area contributed by atoms with Crippen molar-refractivity contribution in [3.05, 3.63) is 59.7 Å². The molecule has 0 unspecified atom stereocenters. The van der Waals surface area contributed by atoms with E-state index in [1.54, 1.807) is 0 Å². The number of aryl methyl sites for hydroxylation is 1. The fourth-order valence-electron chi connectivity index (χ4n) is 3.54. The topological polar surface area (TPSA) is 32.3 Å². The molecule has 3 rings (SSSR count). The van der Waals surface area contributed by atoms with Crippen molar-refractivity contribution in [3.63, 3.8) is 0 Å². The van der Waals surface area contributed by atoms with E-state index in [4.69, 9.17) is 0 Å². The van der Waals surface area contributed by atoms with Crippen LogP contribution in [0.4, 0.5) is 0 Å². The van der Waals surface area contributed by atoms with E-state index >= 15 is 0 Å². The molecule has 0 N–H and O–H groups in total. The molecule has 24 heavy (non-hydrogen) atoms. The van der Waals surface area contributed by atoms with E-state index in [-0.39, 0.29) is 0 Å². The first-order chi connectivity index (χ1) is 11.7. The molecule has 2 aromatic rings. The summed E-state index contributed by atoms with van der Waals surface area (Å²) in [7, 11) is 2.24. The Balaban J connectivity index is 1.54. The molecule has 128 valence electrons. The average molecular weight is 324 g/mol. The molecule has 2 aromatic heterocycles. The summed E-state index contributed by atoms with van der Waals surface area (Å²) in [6, 6.07) is 11.1. The van der Waals surface area contributed by atoms with Gasteiger partial charge in [0.25, 0.3) is 0 Å². The second-order valence-electron chi connectivity index (χ2n) is 6.85. The molecule has 4 nitrogen and oxygen atoms in total. The maximum atomic E-state index is 4.46. The van der Waals surface area contributed by atoms with Crippen molar-refractivity contribution in [2.75, 3.05) is 20.1 Å². The van der Waals surface area contributed by atoms with E-state index in [0.29, 0.717) is 6.04 Å². The van der Waals surface area contributed by atoms with Crippen LogP contribution in [-0.4, -0.2) is 45.9 Å². The Hall–Kier alpha value is -1.78. The van der Waals surface area contributed by atoms with Gasteiger partial charge < -0.3 is 0 Å². The minimum atomic E-state index is 0.645. The Morgan fingerprint density at radius 3 is 2.75 bits per heavy atom. The molecular formula is C20H28N4. The number of aromatic nitrogens is 2. The van der Waals surface area contributed by atoms with Crippen molar-refractivity contribution < 1.29 is 0 Å². The van der Waals surface area contributed by atoms with Crippen molar-refractivity contribution in [3.8, 4) is 0 Å². The Morgan fingerprint density at radius 2 is 1.96 bits per heavy atom. The number of hydrogen-bond acceptors (Lipinski definition) is 4. The zero-order chi connectivity index (χ0) is 16.8. The standard InChI is InChI=1S/C20H28N4/c1-17-18(7-5-12-21-17)15-24-13-6-9-20(10-14-24)23(2)16-19-8-3-4-11-22-19/h3-5,7-8,11-12,20H,6,9-10,13-16H2,1-2H3/t20-/m0/s1. The molecule has 0 bridgehead atoms. The maximum absolute atomic E-state index is 4.46. The molecule has 0 radical (unpaired) electrons. The molecule has 0 aromatic carbocycles. The third kappa shape index (κ3) is 4.62. The zero-order valence-electron chi connectivity index (χ0n) is 14.9. The monoisotopic (exact) mass is 324 g/mol. The molecule has 0 saturated carbocycles. The van der Waals surface area contributed by atoms with Gasteiger partial charge in [-0.1, -0.05) is 12.1 Å². The number of nitrogens with zero attached hydrogens (tertiary/aromatic N) is 4. The average Bonchev–Trinajstić information content (AvgIpc) is 2.84. The number of likely N-dealkylation sites (tertiary alicyclic amines) is 1. The second-order valence-corrected chi connectivity index (χ2v) is 6.85. The summed E-state index contributed by atoms with van der Waals surface area (Å²) >= 11 is 0. The van der Waals surface area contributed by atoms with Crippen molar-refractivity contribution in [1.82, 2.24) is 19.8 Å². The van der Waals surface area contributed by atoms with Crippen molar-refractivity contribution in [2.45, 2.75) is 45.3 Å². The Morgan fingerprint density at radius 1 is 1.08 bits per heavy atom. The molecule has 0 aliphatic carbocycles. The molecule has 1 atom stereocenters. The van der Waals surface area contributed by atoms with Crippen LogP contribution >= 0.6 is 0 Å². The van der Waals surface area contributed by atoms with Crippen molar-refractivity contribution >= 4 is 0 Å². The van der Waals surface area contributed by atoms with Gasteiger partial charge in [-0.2, -0.15) is 0 Å². The van der Waals surface area contributed by atoms with E-state index in [2.05, 4.69) is 51.9 Å². The summed E-state index contributed by atoms with van der Waals surface area (Å²) in [6.45, 7) is 6.41. The van der Waals surface area contributed by atoms with Crippen LogP contribution in [0.1, 0.15) is 36.2 Å². The molecular weight excluding hydrogens is 296 g/mol. The zero-order valence-corrected chi connectivity index (χ0v) is 14.9. The normalized spacial score (nSPS) is 19.4. The summed E-state index contributed by atoms with van der Waals surface area (Å²) in [5.74, 6) is 0. The van der Waals surface area contributed by atoms with E-state index in [0.717, 1.165) is 31.0 Å². The smallest absolute Gasteiger partial charge is 0.0543 e. The van der Waals surface area contributed by atoms with Crippen LogP contribution in [0.5, 0.6) is 0 Å². The van der Waals surface area contributed by atoms with Gasteiger partial charge in [-0.25, -0.2) is 0 Å². The fraction of sp³-hybridized carbons (Fsp3) is 0.500. The van der Waals surface area contributed by atoms with Gasteiger partial charge in [0.15, 0.2) is 0 Å². The van der Waals surface area contributed by atoms with E-state index in [1.165, 1.54) is 31.4 Å². The highest BCUT2D eigenvalue weighted by Gasteiger charge is 2.21. The van der Waals surface area contributed by atoms with Gasteiger partial charge in [-0.05, 0) is 70.1 Å². The van der Waals surface area contributed by atoms with Crippen molar-refractivity contribution in [1.29, 1.82) is 0 Å². The second kappa shape index (κ2) is 8.36. The van der Waals surface area contributed by atoms with Crippen LogP contribution in [0, 0.1) is 6.92 Å². The fourth-order valence-corrected chi connectivity index (χ4v) is 3.54. The van der Waals surface area contributed by atoms with Crippen molar-refractivity contribution in [2.24, 2.45) is 0 Å². The molecule has 4 heteroatoms. The molecule has 1 saturated heterocycles. The Kier molecular flexibility index (Phi) is 5.94. The highest BCUT2D eigenvalue weighted by Crippen LogP contribution is 2.19. The van der Waals surface area contributed by atoms with Crippen LogP contribution in [0.3, 0.4) is 0 Å². The quantitative estimate of drug-likeness (QED) is 0.845. The Labute approximate surface area is 145 Å². The van der Waals surface area contributed by atoms with Gasteiger partial charge in [0.1, 0.15) is 0 Å². The lowest BCUT2D eigenvalue weighted by molar-refractivity contribution is 0.204. The highest BCUT2D eigenvalue weighted by molar-refractivity contribution is 5.18. The Bertz CT molecular complexity index is 629. The molecule has 1 fully saturated rings. The van der Waals surface area contributed by atoms with Gasteiger partial charge in [0, 0.05) is 37.2 Å². The summed E-state index contributed by atoms with van der Waals surface area (Å²) in [5, 5.41) is 0. The number of rotatable bonds is 5. The predicted molar refractivity (Wildman–Crippen MR) is 97.6 cm³/mol. The highest BCUT2D eigenvalue weighted by atomic mass is 15.2. The third-order valence-electron chi connectivity index (χ3n) is 5.06. The minimum absolute atomic E-state index is 0.645. The molecule has 0 spiro atoms. The van der Waals surface area contributed by atoms with Crippen LogP contribution in [-0.2, 0) is 13.1 Å². The molecule has 0 amide bonds. The van der Waals surface area contributed by atoms with E-state index in [9.17, 15) is 0 Å². The van der Waals surface area contributed by atoms with E-state index in [1.807, 2.05) is 24.5 Å². The van der Waals surface area contributed by atoms with Gasteiger partial charge in [-0.3, -0.25) is 19.8 Å². The molecule has 1 aliphatic rings. The third-order valence-corrected chi connectivity index (χ3v) is 5.06. The summed E-state index contributed by atoms with van der Waals surface area (Å²) in [6.07, 6.45) is 7.52. The first-order valence-electron chi connectivity index (χ1n) is 8.95. The van der Waals surface area contributed by atoms with Gasteiger partial charge >= 0.3 is 0 Å². The number of hydrogen-bond donors (Lipinski definition) is 0. The first-order valence-corrected chi connectivity index (χ1v) is 8.95. The van der Waals surface area contributed by atoms with Gasteiger partial charge in [0.2, 0.25) is 0 Å². The maximum Gasteiger partial charge on any atom is 0.0543 e. The summed E-state index contributed by atoms with van der Waals surface area (Å²) < 4.78 is 0. The summed E-state index contributed by atoms with van der Waals surface area (Å²) in [4.78, 5) is 13.9. The SMILES string of the molecule is Cc1ncccc1CN1CCC[C@H](N(C)Cc2ccccn2)CC1.